The van der Waals surface area contributed by atoms with Crippen molar-refractivity contribution in [1.29, 1.82) is 5.26 Å². The molecule has 0 aliphatic carbocycles. The molecule has 0 fully saturated rings. The van der Waals surface area contributed by atoms with E-state index in [0.29, 0.717) is 5.56 Å². The van der Waals surface area contributed by atoms with Gasteiger partial charge in [-0.3, -0.25) is 4.79 Å². The van der Waals surface area contributed by atoms with Crippen molar-refractivity contribution >= 4 is 11.9 Å². The molecule has 0 bridgehead atoms. The van der Waals surface area contributed by atoms with Crippen LogP contribution in [-0.2, 0) is 4.79 Å². The molecule has 0 aromatic heterocycles. The van der Waals surface area contributed by atoms with Gasteiger partial charge in [0.05, 0.1) is 6.07 Å². The van der Waals surface area contributed by atoms with Crippen LogP contribution in [0.1, 0.15) is 23.7 Å². The van der Waals surface area contributed by atoms with Crippen molar-refractivity contribution in [1.82, 2.24) is 5.32 Å². The van der Waals surface area contributed by atoms with Crippen LogP contribution in [0, 0.1) is 17.2 Å². The van der Waals surface area contributed by atoms with Gasteiger partial charge in [0.15, 0.2) is 0 Å². The van der Waals surface area contributed by atoms with Crippen molar-refractivity contribution < 1.29 is 14.7 Å². The summed E-state index contributed by atoms with van der Waals surface area (Å²) in [6, 6.07) is 17.5. The van der Waals surface area contributed by atoms with E-state index in [4.69, 9.17) is 5.26 Å². The third-order valence-electron chi connectivity index (χ3n) is 3.79. The Morgan fingerprint density at radius 3 is 2.21 bits per heavy atom. The van der Waals surface area contributed by atoms with Crippen molar-refractivity contribution in [2.45, 2.75) is 19.4 Å². The van der Waals surface area contributed by atoms with Gasteiger partial charge in [-0.05, 0) is 23.3 Å². The Labute approximate surface area is 140 Å². The summed E-state index contributed by atoms with van der Waals surface area (Å²) in [5.41, 5.74) is 2.39. The summed E-state index contributed by atoms with van der Waals surface area (Å²) < 4.78 is 0. The van der Waals surface area contributed by atoms with Gasteiger partial charge in [-0.2, -0.15) is 5.26 Å². The van der Waals surface area contributed by atoms with Crippen molar-refractivity contribution in [3.63, 3.8) is 0 Å². The van der Waals surface area contributed by atoms with Gasteiger partial charge in [-0.15, -0.1) is 0 Å². The Morgan fingerprint density at radius 1 is 1.08 bits per heavy atom. The van der Waals surface area contributed by atoms with E-state index in [1.165, 1.54) is 0 Å². The van der Waals surface area contributed by atoms with E-state index in [2.05, 4.69) is 5.32 Å². The van der Waals surface area contributed by atoms with Crippen LogP contribution in [0.15, 0.2) is 54.6 Å². The Morgan fingerprint density at radius 2 is 1.67 bits per heavy atom. The van der Waals surface area contributed by atoms with E-state index in [1.54, 1.807) is 19.1 Å². The zero-order valence-corrected chi connectivity index (χ0v) is 13.3. The first kappa shape index (κ1) is 17.2. The number of carboxylic acids is 1. The van der Waals surface area contributed by atoms with Crippen LogP contribution in [0.5, 0.6) is 0 Å². The first-order valence-electron chi connectivity index (χ1n) is 7.59. The number of carbonyl (C=O) groups is 2. The number of aliphatic carboxylic acids is 1. The van der Waals surface area contributed by atoms with Gasteiger partial charge in [0.2, 0.25) is 0 Å². The highest BCUT2D eigenvalue weighted by Gasteiger charge is 2.26. The van der Waals surface area contributed by atoms with Gasteiger partial charge in [0, 0.05) is 17.9 Å². The molecule has 0 aliphatic heterocycles. The molecule has 2 rings (SSSR count). The van der Waals surface area contributed by atoms with E-state index in [9.17, 15) is 14.7 Å². The topological polar surface area (TPSA) is 90.2 Å². The maximum absolute atomic E-state index is 12.3. The highest BCUT2D eigenvalue weighted by Crippen LogP contribution is 2.19. The monoisotopic (exact) mass is 322 g/mol. The summed E-state index contributed by atoms with van der Waals surface area (Å²) in [6.07, 6.45) is 0.0597. The third kappa shape index (κ3) is 4.20. The number of hydrogen-bond acceptors (Lipinski definition) is 3. The predicted octanol–water partition coefficient (Wildman–Crippen LogP) is 3.09. The average molecular weight is 322 g/mol. The quantitative estimate of drug-likeness (QED) is 0.855. The predicted molar refractivity (Wildman–Crippen MR) is 90.2 cm³/mol. The molecule has 0 spiro atoms. The molecule has 5 heteroatoms. The number of nitrogens with one attached hydrogen (secondary N) is 1. The van der Waals surface area contributed by atoms with Crippen LogP contribution in [0.4, 0.5) is 0 Å². The number of benzene rings is 2. The molecule has 2 atom stereocenters. The van der Waals surface area contributed by atoms with Crippen LogP contribution in [0.25, 0.3) is 11.1 Å². The fourth-order valence-electron chi connectivity index (χ4n) is 2.38. The Bertz CT molecular complexity index is 748. The lowest BCUT2D eigenvalue weighted by molar-refractivity contribution is -0.140. The molecule has 0 aliphatic rings. The summed E-state index contributed by atoms with van der Waals surface area (Å²) in [7, 11) is 0. The van der Waals surface area contributed by atoms with Crippen molar-refractivity contribution in [3.05, 3.63) is 60.2 Å². The summed E-state index contributed by atoms with van der Waals surface area (Å²) in [5, 5.41) is 20.4. The Kier molecular flexibility index (Phi) is 5.69. The average Bonchev–Trinajstić information content (AvgIpc) is 2.60. The molecular formula is C19H18N2O3. The summed E-state index contributed by atoms with van der Waals surface area (Å²) in [5.74, 6) is -2.08. The second kappa shape index (κ2) is 7.93. The molecular weight excluding hydrogens is 304 g/mol. The summed E-state index contributed by atoms with van der Waals surface area (Å²) in [4.78, 5) is 23.6. The van der Waals surface area contributed by atoms with E-state index in [-0.39, 0.29) is 6.42 Å². The van der Waals surface area contributed by atoms with E-state index < -0.39 is 23.8 Å². The number of hydrogen-bond donors (Lipinski definition) is 2. The molecule has 0 radical (unpaired) electrons. The maximum Gasteiger partial charge on any atom is 0.326 e. The van der Waals surface area contributed by atoms with Crippen LogP contribution < -0.4 is 5.32 Å². The van der Waals surface area contributed by atoms with Crippen LogP contribution >= 0.6 is 0 Å². The molecule has 0 saturated carbocycles. The van der Waals surface area contributed by atoms with Gasteiger partial charge < -0.3 is 10.4 Å². The largest absolute Gasteiger partial charge is 0.480 e. The zero-order chi connectivity index (χ0) is 17.5. The minimum absolute atomic E-state index is 0.0597. The molecule has 0 heterocycles. The van der Waals surface area contributed by atoms with Crippen molar-refractivity contribution in [2.24, 2.45) is 5.92 Å². The maximum atomic E-state index is 12.3. The number of nitriles is 1. The normalized spacial score (nSPS) is 12.7. The molecule has 2 aromatic rings. The SMILES string of the molecule is C[C@@H](CC#N)[C@H](NC(=O)c1ccc(-c2ccccc2)cc1)C(=O)O. The van der Waals surface area contributed by atoms with E-state index >= 15 is 0 Å². The molecule has 0 saturated heterocycles. The van der Waals surface area contributed by atoms with E-state index in [1.807, 2.05) is 48.5 Å². The molecule has 2 aromatic carbocycles. The molecule has 122 valence electrons. The lowest BCUT2D eigenvalue weighted by Gasteiger charge is -2.19. The fraction of sp³-hybridized carbons (Fsp3) is 0.211. The van der Waals surface area contributed by atoms with Crippen LogP contribution in [0.3, 0.4) is 0 Å². The molecule has 2 N–H and O–H groups in total. The Balaban J connectivity index is 2.12. The summed E-state index contributed by atoms with van der Waals surface area (Å²) in [6.45, 7) is 1.63. The second-order valence-electron chi connectivity index (χ2n) is 5.57. The van der Waals surface area contributed by atoms with Gasteiger partial charge in [-0.25, -0.2) is 4.79 Å². The van der Waals surface area contributed by atoms with Gasteiger partial charge in [0.25, 0.3) is 5.91 Å². The van der Waals surface area contributed by atoms with Crippen molar-refractivity contribution in [3.8, 4) is 17.2 Å². The number of amides is 1. The zero-order valence-electron chi connectivity index (χ0n) is 13.3. The lowest BCUT2D eigenvalue weighted by Crippen LogP contribution is -2.45. The molecule has 1 amide bonds. The van der Waals surface area contributed by atoms with Gasteiger partial charge in [-0.1, -0.05) is 49.4 Å². The fourth-order valence-corrected chi connectivity index (χ4v) is 2.38. The lowest BCUT2D eigenvalue weighted by atomic mass is 9.98. The molecule has 5 nitrogen and oxygen atoms in total. The standard InChI is InChI=1S/C19H18N2O3/c1-13(11-12-20)17(19(23)24)21-18(22)16-9-7-15(8-10-16)14-5-3-2-4-6-14/h2-10,13,17H,11H2,1H3,(H,21,22)(H,23,24)/t13-,17-/m0/s1. The second-order valence-corrected chi connectivity index (χ2v) is 5.57. The van der Waals surface area contributed by atoms with Crippen LogP contribution in [0.2, 0.25) is 0 Å². The van der Waals surface area contributed by atoms with Crippen molar-refractivity contribution in [2.75, 3.05) is 0 Å². The first-order chi connectivity index (χ1) is 11.5. The first-order valence-corrected chi connectivity index (χ1v) is 7.59. The highest BCUT2D eigenvalue weighted by atomic mass is 16.4. The molecule has 24 heavy (non-hydrogen) atoms. The van der Waals surface area contributed by atoms with Gasteiger partial charge in [0.1, 0.15) is 6.04 Å². The number of nitrogens with zero attached hydrogens (tertiary/aromatic N) is 1. The number of carboxylic acid groups (broad SMARTS) is 1. The Hall–Kier alpha value is -3.13. The minimum Gasteiger partial charge on any atom is -0.480 e. The van der Waals surface area contributed by atoms with Gasteiger partial charge >= 0.3 is 5.97 Å². The third-order valence-corrected chi connectivity index (χ3v) is 3.79. The molecule has 0 unspecified atom stereocenters. The number of rotatable bonds is 6. The summed E-state index contributed by atoms with van der Waals surface area (Å²) >= 11 is 0. The minimum atomic E-state index is -1.15. The van der Waals surface area contributed by atoms with Crippen LogP contribution in [-0.4, -0.2) is 23.0 Å². The number of carbonyl (C=O) groups excluding carboxylic acids is 1. The highest BCUT2D eigenvalue weighted by molar-refractivity contribution is 5.97. The smallest absolute Gasteiger partial charge is 0.326 e. The van der Waals surface area contributed by atoms with E-state index in [0.717, 1.165) is 11.1 Å².